The molecule has 0 saturated carbocycles. The van der Waals surface area contributed by atoms with Crippen molar-refractivity contribution in [1.29, 1.82) is 0 Å². The van der Waals surface area contributed by atoms with Gasteiger partial charge in [-0.15, -0.1) is 0 Å². The zero-order chi connectivity index (χ0) is 12.3. The molecule has 4 heteroatoms. The van der Waals surface area contributed by atoms with Gasteiger partial charge in [0.25, 0.3) is 0 Å². The number of benzene rings is 1. The Hall–Kier alpha value is -1.65. The zero-order valence-electron chi connectivity index (χ0n) is 9.24. The van der Waals surface area contributed by atoms with E-state index in [1.165, 1.54) is 6.08 Å². The molecular weight excluding hydrogens is 220 g/mol. The van der Waals surface area contributed by atoms with E-state index in [9.17, 15) is 15.0 Å². The van der Waals surface area contributed by atoms with Crippen molar-refractivity contribution in [1.82, 2.24) is 0 Å². The molecule has 1 fully saturated rings. The lowest BCUT2D eigenvalue weighted by atomic mass is 10.0. The minimum absolute atomic E-state index is 0.00206. The third-order valence-corrected chi connectivity index (χ3v) is 2.56. The summed E-state index contributed by atoms with van der Waals surface area (Å²) in [4.78, 5) is 11.1. The smallest absolute Gasteiger partial charge is 0.311 e. The predicted molar refractivity (Wildman–Crippen MR) is 61.8 cm³/mol. The van der Waals surface area contributed by atoms with E-state index in [-0.39, 0.29) is 12.8 Å². The van der Waals surface area contributed by atoms with E-state index in [4.69, 9.17) is 4.74 Å². The topological polar surface area (TPSA) is 66.8 Å². The third kappa shape index (κ3) is 3.15. The van der Waals surface area contributed by atoms with Crippen LogP contribution in [0.2, 0.25) is 0 Å². The number of hydrogen-bond donors (Lipinski definition) is 2. The van der Waals surface area contributed by atoms with Crippen LogP contribution in [0.4, 0.5) is 0 Å². The summed E-state index contributed by atoms with van der Waals surface area (Å²) in [6, 6.07) is 9.34. The molecule has 0 aromatic heterocycles. The average Bonchev–Trinajstić information content (AvgIpc) is 2.26. The van der Waals surface area contributed by atoms with Crippen LogP contribution in [0.15, 0.2) is 36.4 Å². The van der Waals surface area contributed by atoms with E-state index in [0.29, 0.717) is 0 Å². The van der Waals surface area contributed by atoms with E-state index in [2.05, 4.69) is 0 Å². The highest BCUT2D eigenvalue weighted by Gasteiger charge is 2.37. The lowest BCUT2D eigenvalue weighted by molar-refractivity contribution is -0.214. The number of aliphatic hydroxyl groups is 2. The summed E-state index contributed by atoms with van der Waals surface area (Å²) in [5.74, 6) is -2.30. The molecule has 0 bridgehead atoms. The van der Waals surface area contributed by atoms with Crippen LogP contribution in [-0.4, -0.2) is 28.1 Å². The second kappa shape index (κ2) is 4.69. The zero-order valence-corrected chi connectivity index (χ0v) is 9.24. The number of carbonyl (C=O) groups is 1. The largest absolute Gasteiger partial charge is 0.429 e. The average molecular weight is 234 g/mol. The molecule has 0 amide bonds. The molecule has 0 unspecified atom stereocenters. The molecular formula is C13H14O4. The van der Waals surface area contributed by atoms with E-state index in [0.717, 1.165) is 5.56 Å². The standard InChI is InChI=1S/C13H14O4/c14-11-8-12(15)17-13(16,9-11)7-6-10-4-2-1-3-5-10/h1-7,11,14,16H,8-9H2/b7-6+/t11-,13+/m0/s1. The van der Waals surface area contributed by atoms with Crippen molar-refractivity contribution in [3.63, 3.8) is 0 Å². The van der Waals surface area contributed by atoms with E-state index >= 15 is 0 Å². The van der Waals surface area contributed by atoms with Crippen molar-refractivity contribution >= 4 is 12.0 Å². The molecule has 1 aliphatic heterocycles. The number of carbonyl (C=O) groups excluding carboxylic acids is 1. The van der Waals surface area contributed by atoms with Crippen LogP contribution in [-0.2, 0) is 9.53 Å². The van der Waals surface area contributed by atoms with Crippen molar-refractivity contribution in [2.45, 2.75) is 24.7 Å². The van der Waals surface area contributed by atoms with E-state index < -0.39 is 17.9 Å². The Morgan fingerprint density at radius 3 is 2.71 bits per heavy atom. The summed E-state index contributed by atoms with van der Waals surface area (Å²) in [5.41, 5.74) is 0.886. The van der Waals surface area contributed by atoms with Gasteiger partial charge in [-0.3, -0.25) is 4.79 Å². The van der Waals surface area contributed by atoms with Crippen LogP contribution in [0.1, 0.15) is 18.4 Å². The maximum Gasteiger partial charge on any atom is 0.311 e. The third-order valence-electron chi connectivity index (χ3n) is 2.56. The molecule has 0 spiro atoms. The van der Waals surface area contributed by atoms with Gasteiger partial charge in [-0.25, -0.2) is 0 Å². The van der Waals surface area contributed by atoms with Gasteiger partial charge in [-0.1, -0.05) is 36.4 Å². The lowest BCUT2D eigenvalue weighted by Gasteiger charge is -2.31. The molecule has 1 heterocycles. The Kier molecular flexibility index (Phi) is 3.26. The monoisotopic (exact) mass is 234 g/mol. The highest BCUT2D eigenvalue weighted by atomic mass is 16.7. The molecule has 90 valence electrons. The van der Waals surface area contributed by atoms with Crippen molar-refractivity contribution in [2.75, 3.05) is 0 Å². The minimum atomic E-state index is -1.70. The summed E-state index contributed by atoms with van der Waals surface area (Å²) in [5, 5.41) is 19.4. The first-order valence-electron chi connectivity index (χ1n) is 5.44. The minimum Gasteiger partial charge on any atom is -0.429 e. The number of esters is 1. The molecule has 1 aromatic carbocycles. The van der Waals surface area contributed by atoms with E-state index in [1.54, 1.807) is 6.08 Å². The molecule has 2 atom stereocenters. The quantitative estimate of drug-likeness (QED) is 0.752. The number of aliphatic hydroxyl groups excluding tert-OH is 1. The maximum atomic E-state index is 11.1. The van der Waals surface area contributed by atoms with Crippen molar-refractivity contribution in [3.8, 4) is 0 Å². The Morgan fingerprint density at radius 2 is 2.06 bits per heavy atom. The van der Waals surface area contributed by atoms with Gasteiger partial charge in [0.15, 0.2) is 0 Å². The van der Waals surface area contributed by atoms with Gasteiger partial charge in [0.05, 0.1) is 12.5 Å². The first-order valence-corrected chi connectivity index (χ1v) is 5.44. The van der Waals surface area contributed by atoms with E-state index in [1.807, 2.05) is 30.3 Å². The summed E-state index contributed by atoms with van der Waals surface area (Å²) in [6.07, 6.45) is 2.12. The fourth-order valence-corrected chi connectivity index (χ4v) is 1.78. The van der Waals surface area contributed by atoms with Gasteiger partial charge in [-0.05, 0) is 11.6 Å². The Balaban J connectivity index is 2.11. The number of cyclic esters (lactones) is 1. The molecule has 17 heavy (non-hydrogen) atoms. The van der Waals surface area contributed by atoms with Gasteiger partial charge in [-0.2, -0.15) is 0 Å². The van der Waals surface area contributed by atoms with Gasteiger partial charge in [0.2, 0.25) is 5.79 Å². The van der Waals surface area contributed by atoms with Gasteiger partial charge < -0.3 is 14.9 Å². The van der Waals surface area contributed by atoms with Gasteiger partial charge in [0.1, 0.15) is 0 Å². The van der Waals surface area contributed by atoms with Crippen LogP contribution < -0.4 is 0 Å². The van der Waals surface area contributed by atoms with Gasteiger partial charge >= 0.3 is 5.97 Å². The Labute approximate surface area is 99.2 Å². The van der Waals surface area contributed by atoms with Crippen molar-refractivity contribution < 1.29 is 19.7 Å². The first-order chi connectivity index (χ1) is 8.07. The predicted octanol–water partition coefficient (Wildman–Crippen LogP) is 1.09. The van der Waals surface area contributed by atoms with Crippen molar-refractivity contribution in [3.05, 3.63) is 42.0 Å². The molecule has 2 rings (SSSR count). The van der Waals surface area contributed by atoms with Crippen LogP contribution in [0.3, 0.4) is 0 Å². The van der Waals surface area contributed by atoms with Gasteiger partial charge in [0, 0.05) is 6.42 Å². The summed E-state index contributed by atoms with van der Waals surface area (Å²) in [7, 11) is 0. The van der Waals surface area contributed by atoms with Crippen molar-refractivity contribution in [2.24, 2.45) is 0 Å². The fourth-order valence-electron chi connectivity index (χ4n) is 1.78. The molecule has 2 N–H and O–H groups in total. The maximum absolute atomic E-state index is 11.1. The van der Waals surface area contributed by atoms with Crippen LogP contribution in [0, 0.1) is 0 Å². The number of hydrogen-bond acceptors (Lipinski definition) is 4. The molecule has 4 nitrogen and oxygen atoms in total. The second-order valence-corrected chi connectivity index (χ2v) is 4.12. The highest BCUT2D eigenvalue weighted by Crippen LogP contribution is 2.25. The summed E-state index contributed by atoms with van der Waals surface area (Å²) in [6.45, 7) is 0. The second-order valence-electron chi connectivity index (χ2n) is 4.12. The fraction of sp³-hybridized carbons (Fsp3) is 0.308. The Morgan fingerprint density at radius 1 is 1.35 bits per heavy atom. The molecule has 1 saturated heterocycles. The number of ether oxygens (including phenoxy) is 1. The Bertz CT molecular complexity index is 426. The van der Waals surface area contributed by atoms with Crippen LogP contribution in [0.5, 0.6) is 0 Å². The van der Waals surface area contributed by atoms with Crippen LogP contribution >= 0.6 is 0 Å². The SMILES string of the molecule is O=C1C[C@H](O)C[C@@](O)(/C=C/c2ccccc2)O1. The molecule has 0 aliphatic carbocycles. The molecule has 1 aromatic rings. The lowest BCUT2D eigenvalue weighted by Crippen LogP contribution is -2.42. The normalized spacial score (nSPS) is 29.3. The van der Waals surface area contributed by atoms with Crippen LogP contribution in [0.25, 0.3) is 6.08 Å². The summed E-state index contributed by atoms with van der Waals surface area (Å²) < 4.78 is 4.84. The summed E-state index contributed by atoms with van der Waals surface area (Å²) >= 11 is 0. The first kappa shape index (κ1) is 11.8. The highest BCUT2D eigenvalue weighted by molar-refractivity contribution is 5.71. The molecule has 1 aliphatic rings. The number of rotatable bonds is 2. The molecule has 0 radical (unpaired) electrons.